The van der Waals surface area contributed by atoms with E-state index in [2.05, 4.69) is 5.32 Å². The van der Waals surface area contributed by atoms with Crippen LogP contribution in [0, 0.1) is 17.0 Å². The summed E-state index contributed by atoms with van der Waals surface area (Å²) in [7, 11) is 0. The summed E-state index contributed by atoms with van der Waals surface area (Å²) in [5.41, 5.74) is 1.07. The van der Waals surface area contributed by atoms with Gasteiger partial charge in [0.25, 0.3) is 11.6 Å². The molecule has 108 valence electrons. The number of aryl methyl sites for hydroxylation is 1. The number of phenols is 1. The van der Waals surface area contributed by atoms with Crippen molar-refractivity contribution in [1.29, 1.82) is 0 Å². The molecule has 0 atom stereocenters. The van der Waals surface area contributed by atoms with Crippen molar-refractivity contribution < 1.29 is 14.8 Å². The van der Waals surface area contributed by atoms with Gasteiger partial charge in [-0.3, -0.25) is 14.9 Å². The molecule has 0 saturated carbocycles. The normalized spacial score (nSPS) is 10.1. The molecule has 2 rings (SSSR count). The van der Waals surface area contributed by atoms with Crippen LogP contribution in [0.1, 0.15) is 21.5 Å². The molecular weight excluding hydrogens is 272 g/mol. The first-order chi connectivity index (χ1) is 9.99. The quantitative estimate of drug-likeness (QED) is 0.667. The maximum atomic E-state index is 12.1. The third kappa shape index (κ3) is 3.36. The standard InChI is InChI=1S/C15H14N2O4/c1-10-6-7-13(17(20)21)12(8-10)15(19)16-9-11-4-2-3-5-14(11)18/h2-8,18H,9H2,1H3,(H,16,19). The molecule has 0 aromatic heterocycles. The molecule has 0 saturated heterocycles. The molecule has 0 heterocycles. The highest BCUT2D eigenvalue weighted by Crippen LogP contribution is 2.20. The van der Waals surface area contributed by atoms with Gasteiger partial charge in [0.1, 0.15) is 11.3 Å². The monoisotopic (exact) mass is 286 g/mol. The van der Waals surface area contributed by atoms with Crippen molar-refractivity contribution in [3.05, 3.63) is 69.3 Å². The summed E-state index contributed by atoms with van der Waals surface area (Å²) in [4.78, 5) is 22.5. The minimum absolute atomic E-state index is 0.00965. The molecule has 6 nitrogen and oxygen atoms in total. The van der Waals surface area contributed by atoms with Gasteiger partial charge in [-0.15, -0.1) is 0 Å². The number of benzene rings is 2. The van der Waals surface area contributed by atoms with Gasteiger partial charge in [0.05, 0.1) is 4.92 Å². The maximum Gasteiger partial charge on any atom is 0.282 e. The van der Waals surface area contributed by atoms with Crippen LogP contribution in [-0.4, -0.2) is 15.9 Å². The van der Waals surface area contributed by atoms with Crippen LogP contribution in [0.4, 0.5) is 5.69 Å². The average Bonchev–Trinajstić information content (AvgIpc) is 2.45. The second-order valence-corrected chi connectivity index (χ2v) is 4.59. The lowest BCUT2D eigenvalue weighted by Gasteiger charge is -2.08. The summed E-state index contributed by atoms with van der Waals surface area (Å²) in [6, 6.07) is 10.9. The first-order valence-corrected chi connectivity index (χ1v) is 6.29. The van der Waals surface area contributed by atoms with Crippen molar-refractivity contribution in [2.45, 2.75) is 13.5 Å². The third-order valence-corrected chi connectivity index (χ3v) is 3.02. The highest BCUT2D eigenvalue weighted by molar-refractivity contribution is 5.98. The number of nitrogens with one attached hydrogen (secondary N) is 1. The lowest BCUT2D eigenvalue weighted by Crippen LogP contribution is -2.23. The zero-order valence-electron chi connectivity index (χ0n) is 11.4. The minimum atomic E-state index is -0.589. The molecule has 0 radical (unpaired) electrons. The highest BCUT2D eigenvalue weighted by Gasteiger charge is 2.19. The van der Waals surface area contributed by atoms with Gasteiger partial charge in [-0.05, 0) is 24.6 Å². The Bertz CT molecular complexity index is 698. The van der Waals surface area contributed by atoms with E-state index in [9.17, 15) is 20.0 Å². The van der Waals surface area contributed by atoms with E-state index in [0.29, 0.717) is 5.56 Å². The minimum Gasteiger partial charge on any atom is -0.508 e. The number of hydrogen-bond donors (Lipinski definition) is 2. The largest absolute Gasteiger partial charge is 0.508 e. The summed E-state index contributed by atoms with van der Waals surface area (Å²) < 4.78 is 0. The number of phenolic OH excluding ortho intramolecular Hbond substituents is 1. The Hall–Kier alpha value is -2.89. The van der Waals surface area contributed by atoms with Gasteiger partial charge in [-0.25, -0.2) is 0 Å². The molecule has 0 spiro atoms. The van der Waals surface area contributed by atoms with Gasteiger partial charge in [-0.1, -0.05) is 24.3 Å². The zero-order chi connectivity index (χ0) is 15.4. The first-order valence-electron chi connectivity index (χ1n) is 6.29. The second kappa shape index (κ2) is 6.04. The highest BCUT2D eigenvalue weighted by atomic mass is 16.6. The third-order valence-electron chi connectivity index (χ3n) is 3.02. The summed E-state index contributed by atoms with van der Waals surface area (Å²) in [6.45, 7) is 1.85. The molecule has 2 aromatic carbocycles. The van der Waals surface area contributed by atoms with Gasteiger partial charge < -0.3 is 10.4 Å². The topological polar surface area (TPSA) is 92.5 Å². The van der Waals surface area contributed by atoms with Crippen molar-refractivity contribution in [2.75, 3.05) is 0 Å². The van der Waals surface area contributed by atoms with Crippen LogP contribution in [0.5, 0.6) is 5.75 Å². The number of amides is 1. The predicted molar refractivity (Wildman–Crippen MR) is 77.1 cm³/mol. The summed E-state index contributed by atoms with van der Waals surface area (Å²) in [6.07, 6.45) is 0. The Morgan fingerprint density at radius 1 is 1.29 bits per heavy atom. The predicted octanol–water partition coefficient (Wildman–Crippen LogP) is 2.54. The Labute approximate surface area is 121 Å². The number of nitrogens with zero attached hydrogens (tertiary/aromatic N) is 1. The van der Waals surface area contributed by atoms with Crippen LogP contribution in [0.25, 0.3) is 0 Å². The van der Waals surface area contributed by atoms with Gasteiger partial charge in [-0.2, -0.15) is 0 Å². The van der Waals surface area contributed by atoms with E-state index in [1.807, 2.05) is 0 Å². The zero-order valence-corrected chi connectivity index (χ0v) is 11.4. The fourth-order valence-corrected chi connectivity index (χ4v) is 1.92. The molecular formula is C15H14N2O4. The Balaban J connectivity index is 2.19. The molecule has 21 heavy (non-hydrogen) atoms. The summed E-state index contributed by atoms with van der Waals surface area (Å²) in [5, 5.41) is 23.1. The van der Waals surface area contributed by atoms with Gasteiger partial charge in [0.2, 0.25) is 0 Å². The molecule has 0 aliphatic carbocycles. The number of hydrogen-bond acceptors (Lipinski definition) is 4. The van der Waals surface area contributed by atoms with Crippen LogP contribution >= 0.6 is 0 Å². The van der Waals surface area contributed by atoms with E-state index in [1.165, 1.54) is 18.2 Å². The van der Waals surface area contributed by atoms with Crippen LogP contribution in [0.15, 0.2) is 42.5 Å². The van der Waals surface area contributed by atoms with E-state index in [-0.39, 0.29) is 23.5 Å². The molecule has 2 aromatic rings. The summed E-state index contributed by atoms with van der Waals surface area (Å²) in [5.74, 6) is -0.481. The van der Waals surface area contributed by atoms with E-state index >= 15 is 0 Å². The van der Waals surface area contributed by atoms with Gasteiger partial charge >= 0.3 is 0 Å². The molecule has 0 fully saturated rings. The molecule has 0 bridgehead atoms. The number of para-hydroxylation sites is 1. The first kappa shape index (κ1) is 14.5. The van der Waals surface area contributed by atoms with Crippen molar-refractivity contribution in [1.82, 2.24) is 5.32 Å². The van der Waals surface area contributed by atoms with Crippen molar-refractivity contribution >= 4 is 11.6 Å². The SMILES string of the molecule is Cc1ccc([N+](=O)[O-])c(C(=O)NCc2ccccc2O)c1. The van der Waals surface area contributed by atoms with E-state index in [1.54, 1.807) is 31.2 Å². The van der Waals surface area contributed by atoms with Crippen LogP contribution in [0.2, 0.25) is 0 Å². The van der Waals surface area contributed by atoms with Crippen molar-refractivity contribution in [3.63, 3.8) is 0 Å². The molecule has 2 N–H and O–H groups in total. The average molecular weight is 286 g/mol. The number of carbonyl (C=O) groups excluding carboxylic acids is 1. The number of rotatable bonds is 4. The lowest BCUT2D eigenvalue weighted by atomic mass is 10.1. The lowest BCUT2D eigenvalue weighted by molar-refractivity contribution is -0.385. The number of carbonyl (C=O) groups is 1. The Morgan fingerprint density at radius 2 is 2.00 bits per heavy atom. The molecule has 0 unspecified atom stereocenters. The van der Waals surface area contributed by atoms with Crippen LogP contribution < -0.4 is 5.32 Å². The number of nitro groups is 1. The van der Waals surface area contributed by atoms with E-state index < -0.39 is 10.8 Å². The van der Waals surface area contributed by atoms with Gasteiger partial charge in [0.15, 0.2) is 0 Å². The second-order valence-electron chi connectivity index (χ2n) is 4.59. The molecule has 6 heteroatoms. The summed E-state index contributed by atoms with van der Waals surface area (Å²) >= 11 is 0. The Kier molecular flexibility index (Phi) is 4.18. The number of nitro benzene ring substituents is 1. The van der Waals surface area contributed by atoms with E-state index in [0.717, 1.165) is 5.56 Å². The van der Waals surface area contributed by atoms with Crippen LogP contribution in [0.3, 0.4) is 0 Å². The van der Waals surface area contributed by atoms with Crippen LogP contribution in [-0.2, 0) is 6.54 Å². The van der Waals surface area contributed by atoms with E-state index in [4.69, 9.17) is 0 Å². The van der Waals surface area contributed by atoms with Crippen molar-refractivity contribution in [3.8, 4) is 5.75 Å². The maximum absolute atomic E-state index is 12.1. The molecule has 0 aliphatic rings. The Morgan fingerprint density at radius 3 is 2.67 bits per heavy atom. The fraction of sp³-hybridized carbons (Fsp3) is 0.133. The number of aromatic hydroxyl groups is 1. The molecule has 1 amide bonds. The molecule has 0 aliphatic heterocycles. The smallest absolute Gasteiger partial charge is 0.282 e. The van der Waals surface area contributed by atoms with Gasteiger partial charge in [0, 0.05) is 18.2 Å². The van der Waals surface area contributed by atoms with Crippen molar-refractivity contribution in [2.24, 2.45) is 0 Å². The fourth-order valence-electron chi connectivity index (χ4n) is 1.92.